The summed E-state index contributed by atoms with van der Waals surface area (Å²) < 4.78 is 5.63. The third kappa shape index (κ3) is 4.26. The Morgan fingerprint density at radius 1 is 0.850 bits per heavy atom. The molecule has 0 radical (unpaired) electrons. The van der Waals surface area contributed by atoms with Crippen LogP contribution in [0.3, 0.4) is 0 Å². The van der Waals surface area contributed by atoms with E-state index in [4.69, 9.17) is 18.0 Å². The second-order valence-electron chi connectivity index (χ2n) is 8.30. The normalized spacial score (nSPS) is 11.4. The molecule has 0 fully saturated rings. The summed E-state index contributed by atoms with van der Waals surface area (Å²) >= 11 is 0. The van der Waals surface area contributed by atoms with Crippen molar-refractivity contribution in [3.8, 4) is 17.7 Å². The molecule has 0 saturated carbocycles. The fourth-order valence-corrected chi connectivity index (χ4v) is 3.68. The van der Waals surface area contributed by atoms with Crippen LogP contribution in [0.4, 0.5) is 40.3 Å². The van der Waals surface area contributed by atoms with E-state index >= 15 is 0 Å². The zero-order valence-electron chi connectivity index (χ0n) is 21.6. The average Bonchev–Trinajstić information content (AvgIpc) is 3.66. The molecule has 198 valence electrons. The number of nitrogens with zero attached hydrogens (tertiary/aromatic N) is 16. The number of hydrogen-bond donors (Lipinski definition) is 2. The van der Waals surface area contributed by atoms with Crippen molar-refractivity contribution >= 4 is 40.3 Å². The Bertz CT molecular complexity index is 1760. The zero-order valence-corrected chi connectivity index (χ0v) is 21.6. The lowest BCUT2D eigenvalue weighted by atomic mass is 10.4. The van der Waals surface area contributed by atoms with E-state index < -0.39 is 0 Å². The van der Waals surface area contributed by atoms with Crippen LogP contribution < -0.4 is 11.5 Å². The Morgan fingerprint density at radius 2 is 1.38 bits per heavy atom. The van der Waals surface area contributed by atoms with Crippen LogP contribution in [0, 0.1) is 31.8 Å². The van der Waals surface area contributed by atoms with Crippen molar-refractivity contribution in [1.82, 2.24) is 49.1 Å². The van der Waals surface area contributed by atoms with Crippen LogP contribution >= 0.6 is 0 Å². The second-order valence-corrected chi connectivity index (χ2v) is 8.30. The molecule has 0 saturated heterocycles. The first kappa shape index (κ1) is 25.4. The van der Waals surface area contributed by atoms with Crippen molar-refractivity contribution in [3.63, 3.8) is 0 Å². The van der Waals surface area contributed by atoms with E-state index in [1.807, 2.05) is 6.07 Å². The van der Waals surface area contributed by atoms with Crippen LogP contribution in [0.5, 0.6) is 0 Å². The van der Waals surface area contributed by atoms with E-state index in [2.05, 4.69) is 55.7 Å². The van der Waals surface area contributed by atoms with E-state index in [1.165, 1.54) is 37.4 Å². The first-order valence-electron chi connectivity index (χ1n) is 11.4. The molecule has 5 heterocycles. The van der Waals surface area contributed by atoms with E-state index in [9.17, 15) is 5.26 Å². The summed E-state index contributed by atoms with van der Waals surface area (Å²) in [5, 5.41) is 42.9. The number of hydrogen-bond acceptors (Lipinski definition) is 13. The number of anilines is 2. The lowest BCUT2D eigenvalue weighted by Gasteiger charge is -2.06. The average molecular weight is 537 g/mol. The molecule has 4 N–H and O–H groups in total. The first-order valence-corrected chi connectivity index (χ1v) is 11.4. The Morgan fingerprint density at radius 3 is 1.93 bits per heavy atom. The smallest absolute Gasteiger partial charge is 0.251 e. The van der Waals surface area contributed by atoms with Crippen LogP contribution in [0.1, 0.15) is 17.0 Å². The second kappa shape index (κ2) is 9.87. The van der Waals surface area contributed by atoms with Crippen molar-refractivity contribution in [3.05, 3.63) is 53.2 Å². The van der Waals surface area contributed by atoms with Gasteiger partial charge in [-0.15, -0.1) is 20.5 Å². The summed E-state index contributed by atoms with van der Waals surface area (Å²) in [5.74, 6) is 1.54. The van der Waals surface area contributed by atoms with Gasteiger partial charge in [-0.2, -0.15) is 35.0 Å². The first-order chi connectivity index (χ1) is 19.2. The summed E-state index contributed by atoms with van der Waals surface area (Å²) in [4.78, 5) is 11.9. The molecule has 18 heteroatoms. The molecule has 18 nitrogen and oxygen atoms in total. The van der Waals surface area contributed by atoms with Gasteiger partial charge < -0.3 is 11.5 Å². The van der Waals surface area contributed by atoms with Gasteiger partial charge in [0.1, 0.15) is 18.0 Å². The monoisotopic (exact) mass is 536 g/mol. The molecule has 0 atom stereocenters. The summed E-state index contributed by atoms with van der Waals surface area (Å²) in [5.41, 5.74) is 14.8. The number of aryl methyl sites for hydroxylation is 4. The number of nitriles is 1. The Hall–Kier alpha value is -6.30. The molecule has 0 aromatic carbocycles. The molecule has 0 aliphatic heterocycles. The fourth-order valence-electron chi connectivity index (χ4n) is 3.68. The van der Waals surface area contributed by atoms with Crippen molar-refractivity contribution in [2.24, 2.45) is 34.6 Å². The molecule has 0 bridgehead atoms. The largest absolute Gasteiger partial charge is 0.382 e. The highest BCUT2D eigenvalue weighted by Crippen LogP contribution is 2.34. The SMILES string of the molecule is [C-]#[N+]c1cnn(C)c1N=Nc1c(C)nn(-c2cc(-n3nc(C)c(N=Nc4c(C#N)cnn4C)c3N)ncn2)c1N. The molecule has 40 heavy (non-hydrogen) atoms. The maximum absolute atomic E-state index is 9.25. The zero-order chi connectivity index (χ0) is 28.6. The van der Waals surface area contributed by atoms with Crippen LogP contribution in [0.15, 0.2) is 45.2 Å². The topological polar surface area (TPSA) is 227 Å². The van der Waals surface area contributed by atoms with Gasteiger partial charge in [-0.25, -0.2) is 19.5 Å². The lowest BCUT2D eigenvalue weighted by Crippen LogP contribution is -2.09. The van der Waals surface area contributed by atoms with Gasteiger partial charge >= 0.3 is 0 Å². The molecule has 0 aliphatic rings. The van der Waals surface area contributed by atoms with Crippen molar-refractivity contribution in [2.45, 2.75) is 13.8 Å². The number of nitrogens with two attached hydrogens (primary N) is 2. The molecule has 0 aliphatic carbocycles. The molecule has 0 unspecified atom stereocenters. The van der Waals surface area contributed by atoms with Crippen LogP contribution in [0.2, 0.25) is 0 Å². The number of aromatic nitrogens is 10. The summed E-state index contributed by atoms with van der Waals surface area (Å²) in [7, 11) is 3.30. The molecule has 5 rings (SSSR count). The van der Waals surface area contributed by atoms with E-state index in [1.54, 1.807) is 34.0 Å². The van der Waals surface area contributed by atoms with Gasteiger partial charge in [-0.05, 0) is 13.8 Å². The third-order valence-electron chi connectivity index (χ3n) is 5.73. The van der Waals surface area contributed by atoms with Gasteiger partial charge in [0.25, 0.3) is 5.69 Å². The van der Waals surface area contributed by atoms with Gasteiger partial charge in [0.05, 0.1) is 30.4 Å². The molecular weight excluding hydrogens is 516 g/mol. The number of azo groups is 2. The maximum Gasteiger partial charge on any atom is 0.251 e. The Balaban J connectivity index is 1.48. The van der Waals surface area contributed by atoms with Gasteiger partial charge in [-0.1, -0.05) is 0 Å². The summed E-state index contributed by atoms with van der Waals surface area (Å²) in [6.07, 6.45) is 4.11. The quantitative estimate of drug-likeness (QED) is 0.239. The molecule has 0 amide bonds. The lowest BCUT2D eigenvalue weighted by molar-refractivity contribution is 0.764. The highest BCUT2D eigenvalue weighted by Gasteiger charge is 2.19. The van der Waals surface area contributed by atoms with Crippen LogP contribution in [0.25, 0.3) is 16.5 Å². The maximum atomic E-state index is 9.25. The minimum absolute atomic E-state index is 0.164. The van der Waals surface area contributed by atoms with Crippen molar-refractivity contribution in [2.75, 3.05) is 11.5 Å². The van der Waals surface area contributed by atoms with Gasteiger partial charge in [-0.3, -0.25) is 4.68 Å². The number of rotatable bonds is 6. The molecule has 5 aromatic heterocycles. The van der Waals surface area contributed by atoms with Crippen LogP contribution in [-0.4, -0.2) is 49.1 Å². The van der Waals surface area contributed by atoms with E-state index in [0.29, 0.717) is 34.4 Å². The van der Waals surface area contributed by atoms with Gasteiger partial charge in [0, 0.05) is 20.2 Å². The Labute approximate surface area is 225 Å². The van der Waals surface area contributed by atoms with Crippen LogP contribution in [-0.2, 0) is 14.1 Å². The van der Waals surface area contributed by atoms with Gasteiger partial charge in [0.15, 0.2) is 46.3 Å². The molecular formula is C22H20N18. The Kier molecular flexibility index (Phi) is 6.26. The third-order valence-corrected chi connectivity index (χ3v) is 5.73. The highest BCUT2D eigenvalue weighted by molar-refractivity contribution is 5.66. The number of nitrogen functional groups attached to an aromatic ring is 2. The fraction of sp³-hybridized carbons (Fsp3) is 0.182. The van der Waals surface area contributed by atoms with Gasteiger partial charge in [0.2, 0.25) is 0 Å². The summed E-state index contributed by atoms with van der Waals surface area (Å²) in [6, 6.07) is 3.60. The highest BCUT2D eigenvalue weighted by atomic mass is 15.4. The summed E-state index contributed by atoms with van der Waals surface area (Å²) in [6.45, 7) is 10.7. The predicted molar refractivity (Wildman–Crippen MR) is 140 cm³/mol. The minimum Gasteiger partial charge on any atom is -0.382 e. The molecule has 0 spiro atoms. The van der Waals surface area contributed by atoms with E-state index in [0.717, 1.165) is 0 Å². The van der Waals surface area contributed by atoms with Crippen molar-refractivity contribution < 1.29 is 0 Å². The minimum atomic E-state index is 0.164. The van der Waals surface area contributed by atoms with E-state index in [-0.39, 0.29) is 34.5 Å². The molecule has 5 aromatic rings. The predicted octanol–water partition coefficient (Wildman–Crippen LogP) is 3.35. The standard InChI is InChI=1S/C22H20N18/c1-11-17(31-33-21-13(7-23)8-29-37(21)4)19(24)39(35-11)15-6-16(28-10-27-15)40-20(25)18(12(2)36-40)32-34-22-14(26-3)9-30-38(22)5/h6,8-10H,24-25H2,1-2,4-5H3. The van der Waals surface area contributed by atoms with Crippen molar-refractivity contribution in [1.29, 1.82) is 5.26 Å².